The monoisotopic (exact) mass is 451 g/mol. The molecule has 1 aromatic carbocycles. The fourth-order valence-electron chi connectivity index (χ4n) is 3.52. The minimum Gasteiger partial charge on any atom is -0.365 e. The third-order valence-corrected chi connectivity index (χ3v) is 5.44. The molecule has 0 bridgehead atoms. The molecule has 1 aliphatic rings. The number of rotatable bonds is 5. The second-order valence-corrected chi connectivity index (χ2v) is 7.52. The lowest BCUT2D eigenvalue weighted by Gasteiger charge is -2.30. The first-order valence-corrected chi connectivity index (χ1v) is 10.4. The number of nitrogens with one attached hydrogen (secondary N) is 2. The number of anilines is 3. The molecule has 1 amide bonds. The van der Waals surface area contributed by atoms with Gasteiger partial charge in [0.25, 0.3) is 5.91 Å². The van der Waals surface area contributed by atoms with Crippen molar-refractivity contribution >= 4 is 34.8 Å². The molecular formula is C22H19ClFN7O. The number of pyridine rings is 1. The van der Waals surface area contributed by atoms with E-state index >= 15 is 0 Å². The number of hydrogen-bond donors (Lipinski definition) is 2. The zero-order valence-corrected chi connectivity index (χ0v) is 17.9. The van der Waals surface area contributed by atoms with Gasteiger partial charge < -0.3 is 15.5 Å². The van der Waals surface area contributed by atoms with Crippen LogP contribution in [0.1, 0.15) is 34.1 Å². The number of hydrogen-bond acceptors (Lipinski definition) is 7. The van der Waals surface area contributed by atoms with Gasteiger partial charge in [0.05, 0.1) is 28.4 Å². The van der Waals surface area contributed by atoms with E-state index < -0.39 is 11.9 Å². The van der Waals surface area contributed by atoms with E-state index in [1.807, 2.05) is 6.07 Å². The minimum absolute atomic E-state index is 0.112. The highest BCUT2D eigenvalue weighted by Gasteiger charge is 2.22. The van der Waals surface area contributed by atoms with E-state index in [-0.39, 0.29) is 11.4 Å². The van der Waals surface area contributed by atoms with Gasteiger partial charge in [0, 0.05) is 24.3 Å². The molecule has 0 unspecified atom stereocenters. The summed E-state index contributed by atoms with van der Waals surface area (Å²) in [5, 5.41) is 15.1. The van der Waals surface area contributed by atoms with Crippen molar-refractivity contribution in [3.05, 3.63) is 70.0 Å². The van der Waals surface area contributed by atoms with Crippen molar-refractivity contribution in [2.45, 2.75) is 19.9 Å². The van der Waals surface area contributed by atoms with E-state index in [0.717, 1.165) is 16.9 Å². The van der Waals surface area contributed by atoms with Crippen molar-refractivity contribution in [2.75, 3.05) is 23.3 Å². The maximum Gasteiger partial charge on any atom is 0.255 e. The summed E-state index contributed by atoms with van der Waals surface area (Å²) in [6.07, 6.45) is 2.09. The Morgan fingerprint density at radius 3 is 2.88 bits per heavy atom. The van der Waals surface area contributed by atoms with E-state index in [2.05, 4.69) is 36.6 Å². The molecular weight excluding hydrogens is 433 g/mol. The second kappa shape index (κ2) is 9.16. The van der Waals surface area contributed by atoms with Gasteiger partial charge in [-0.25, -0.2) is 15.0 Å². The van der Waals surface area contributed by atoms with E-state index in [1.165, 1.54) is 18.5 Å². The number of nitrogens with zero attached hydrogens (tertiary/aromatic N) is 5. The number of carbonyl (C=O) groups excluding carboxylic acids is 1. The Balaban J connectivity index is 1.54. The summed E-state index contributed by atoms with van der Waals surface area (Å²) in [5.74, 6) is -0.567. The van der Waals surface area contributed by atoms with Gasteiger partial charge in [-0.1, -0.05) is 11.6 Å². The van der Waals surface area contributed by atoms with E-state index in [0.29, 0.717) is 42.5 Å². The molecule has 4 rings (SSSR count). The molecule has 32 heavy (non-hydrogen) atoms. The normalized spacial score (nSPS) is 12.6. The van der Waals surface area contributed by atoms with Crippen molar-refractivity contribution in [2.24, 2.45) is 0 Å². The Labute approximate surface area is 189 Å². The van der Waals surface area contributed by atoms with Crippen LogP contribution < -0.4 is 15.5 Å². The predicted octanol–water partition coefficient (Wildman–Crippen LogP) is 3.59. The number of nitriles is 1. The molecule has 162 valence electrons. The second-order valence-electron chi connectivity index (χ2n) is 7.11. The van der Waals surface area contributed by atoms with Gasteiger partial charge >= 0.3 is 0 Å². The van der Waals surface area contributed by atoms with Gasteiger partial charge in [-0.3, -0.25) is 4.79 Å². The molecule has 0 saturated carbocycles. The van der Waals surface area contributed by atoms with Gasteiger partial charge in [0.2, 0.25) is 5.95 Å². The lowest BCUT2D eigenvalue weighted by atomic mass is 10.0. The number of halogens is 2. The largest absolute Gasteiger partial charge is 0.365 e. The fourth-order valence-corrected chi connectivity index (χ4v) is 3.74. The summed E-state index contributed by atoms with van der Waals surface area (Å²) in [4.78, 5) is 26.5. The summed E-state index contributed by atoms with van der Waals surface area (Å²) in [5.41, 5.74) is 2.96. The van der Waals surface area contributed by atoms with E-state index in [1.54, 1.807) is 19.1 Å². The number of aromatic nitrogens is 3. The van der Waals surface area contributed by atoms with Crippen LogP contribution in [-0.4, -0.2) is 33.9 Å². The van der Waals surface area contributed by atoms with Crippen molar-refractivity contribution in [1.82, 2.24) is 20.3 Å². The summed E-state index contributed by atoms with van der Waals surface area (Å²) < 4.78 is 14.3. The number of amides is 1. The summed E-state index contributed by atoms with van der Waals surface area (Å²) in [7, 11) is 0. The number of carbonyl (C=O) groups is 1. The third kappa shape index (κ3) is 4.31. The SMILES string of the molecule is CCNC(=O)c1ccc(Nc2ncnc3c2CCN(c2ccc(C#N)c(Cl)c2)C3)nc1F. The first-order valence-electron chi connectivity index (χ1n) is 9.99. The van der Waals surface area contributed by atoms with Crippen molar-refractivity contribution < 1.29 is 9.18 Å². The smallest absolute Gasteiger partial charge is 0.255 e. The third-order valence-electron chi connectivity index (χ3n) is 5.12. The zero-order valence-electron chi connectivity index (χ0n) is 17.2. The molecule has 8 nitrogen and oxygen atoms in total. The highest BCUT2D eigenvalue weighted by atomic mass is 35.5. The van der Waals surface area contributed by atoms with Crippen molar-refractivity contribution in [3.8, 4) is 6.07 Å². The van der Waals surface area contributed by atoms with Gasteiger partial charge in [0.15, 0.2) is 0 Å². The molecule has 0 fully saturated rings. The zero-order chi connectivity index (χ0) is 22.7. The molecule has 0 aliphatic carbocycles. The lowest BCUT2D eigenvalue weighted by molar-refractivity contribution is 0.0951. The topological polar surface area (TPSA) is 107 Å². The summed E-state index contributed by atoms with van der Waals surface area (Å²) >= 11 is 6.18. The highest BCUT2D eigenvalue weighted by Crippen LogP contribution is 2.30. The van der Waals surface area contributed by atoms with Crippen LogP contribution in [0.3, 0.4) is 0 Å². The van der Waals surface area contributed by atoms with Gasteiger partial charge in [-0.15, -0.1) is 0 Å². The molecule has 0 spiro atoms. The Bertz CT molecular complexity index is 1230. The molecule has 1 aliphatic heterocycles. The standard InChI is InChI=1S/C22H19ClFN7O/c1-2-26-22(32)16-5-6-19(29-20(16)24)30-21-15-7-8-31(11-18(15)27-12-28-21)14-4-3-13(10-25)17(23)9-14/h3-6,9,12H,2,7-8,11H2,1H3,(H,26,32)(H,27,28,29,30). The van der Waals surface area contributed by atoms with Crippen molar-refractivity contribution in [3.63, 3.8) is 0 Å². The average molecular weight is 452 g/mol. The van der Waals surface area contributed by atoms with Crippen LogP contribution in [0.2, 0.25) is 5.02 Å². The predicted molar refractivity (Wildman–Crippen MR) is 118 cm³/mol. The average Bonchev–Trinajstić information content (AvgIpc) is 2.79. The maximum atomic E-state index is 14.3. The highest BCUT2D eigenvalue weighted by molar-refractivity contribution is 6.32. The lowest BCUT2D eigenvalue weighted by Crippen LogP contribution is -2.31. The molecule has 3 aromatic rings. The Morgan fingerprint density at radius 1 is 1.31 bits per heavy atom. The maximum absolute atomic E-state index is 14.3. The van der Waals surface area contributed by atoms with Crippen LogP contribution in [0.25, 0.3) is 0 Å². The van der Waals surface area contributed by atoms with Crippen LogP contribution in [0.15, 0.2) is 36.7 Å². The molecule has 2 aromatic heterocycles. The van der Waals surface area contributed by atoms with Gasteiger partial charge in [-0.05, 0) is 43.7 Å². The molecule has 2 N–H and O–H groups in total. The van der Waals surface area contributed by atoms with E-state index in [4.69, 9.17) is 16.9 Å². The fraction of sp³-hybridized carbons (Fsp3) is 0.227. The number of fused-ring (bicyclic) bond motifs is 1. The quantitative estimate of drug-likeness (QED) is 0.571. The van der Waals surface area contributed by atoms with Crippen molar-refractivity contribution in [1.29, 1.82) is 5.26 Å². The van der Waals surface area contributed by atoms with Gasteiger partial charge in [-0.2, -0.15) is 9.65 Å². The molecule has 0 saturated heterocycles. The Hall–Kier alpha value is -3.77. The molecule has 10 heteroatoms. The first-order chi connectivity index (χ1) is 15.5. The van der Waals surface area contributed by atoms with Gasteiger partial charge in [0.1, 0.15) is 24.0 Å². The van der Waals surface area contributed by atoms with Crippen LogP contribution in [-0.2, 0) is 13.0 Å². The van der Waals surface area contributed by atoms with Crippen LogP contribution in [0.5, 0.6) is 0 Å². The summed E-state index contributed by atoms with van der Waals surface area (Å²) in [6.45, 7) is 3.38. The Kier molecular flexibility index (Phi) is 6.14. The van der Waals surface area contributed by atoms with Crippen LogP contribution >= 0.6 is 11.6 Å². The first kappa shape index (κ1) is 21.5. The minimum atomic E-state index is -0.854. The number of benzene rings is 1. The molecule has 0 atom stereocenters. The summed E-state index contributed by atoms with van der Waals surface area (Å²) in [6, 6.07) is 10.3. The Morgan fingerprint density at radius 2 is 2.16 bits per heavy atom. The van der Waals surface area contributed by atoms with Crippen LogP contribution in [0.4, 0.5) is 21.7 Å². The van der Waals surface area contributed by atoms with Crippen LogP contribution in [0, 0.1) is 17.3 Å². The molecule has 0 radical (unpaired) electrons. The van der Waals surface area contributed by atoms with E-state index in [9.17, 15) is 9.18 Å². The molecule has 3 heterocycles.